The summed E-state index contributed by atoms with van der Waals surface area (Å²) in [5.74, 6) is 0.286. The van der Waals surface area contributed by atoms with Crippen molar-refractivity contribution in [2.45, 2.75) is 13.8 Å². The zero-order valence-corrected chi connectivity index (χ0v) is 19.9. The van der Waals surface area contributed by atoms with E-state index in [-0.39, 0.29) is 16.9 Å². The summed E-state index contributed by atoms with van der Waals surface area (Å²) in [7, 11) is 0. The first-order chi connectivity index (χ1) is 17.0. The van der Waals surface area contributed by atoms with Gasteiger partial charge in [0.2, 0.25) is 10.6 Å². The highest BCUT2D eigenvalue weighted by molar-refractivity contribution is 7.22. The highest BCUT2D eigenvalue weighted by Gasteiger charge is 2.21. The lowest BCUT2D eigenvalue weighted by molar-refractivity contribution is 0.0988. The number of nitrogens with zero attached hydrogens (tertiary/aromatic N) is 3. The number of carbonyl (C=O) groups excluding carboxylic acids is 1. The molecule has 5 aromatic rings. The van der Waals surface area contributed by atoms with Gasteiger partial charge in [-0.2, -0.15) is 10.1 Å². The zero-order valence-electron chi connectivity index (χ0n) is 19.1. The Morgan fingerprint density at radius 3 is 2.74 bits per heavy atom. The smallest absolute Gasteiger partial charge is 0.280 e. The van der Waals surface area contributed by atoms with Crippen molar-refractivity contribution in [1.82, 2.24) is 4.98 Å². The Balaban J connectivity index is 1.57. The molecule has 7 nitrogen and oxygen atoms in total. The number of hydrogen-bond acceptors (Lipinski definition) is 7. The average molecular weight is 484 g/mol. The van der Waals surface area contributed by atoms with Gasteiger partial charge in [0, 0.05) is 5.56 Å². The highest BCUT2D eigenvalue weighted by atomic mass is 32.1. The van der Waals surface area contributed by atoms with Gasteiger partial charge in [-0.15, -0.1) is 0 Å². The zero-order chi connectivity index (χ0) is 24.4. The van der Waals surface area contributed by atoms with Crippen molar-refractivity contribution in [3.05, 3.63) is 99.9 Å². The molecule has 8 heteroatoms. The van der Waals surface area contributed by atoms with Crippen LogP contribution in [0.5, 0.6) is 5.75 Å². The Hall–Kier alpha value is -4.30. The lowest BCUT2D eigenvalue weighted by atomic mass is 10.2. The Kier molecular flexibility index (Phi) is 6.12. The van der Waals surface area contributed by atoms with Crippen LogP contribution in [-0.4, -0.2) is 23.7 Å². The molecule has 0 fully saturated rings. The predicted molar refractivity (Wildman–Crippen MR) is 139 cm³/mol. The van der Waals surface area contributed by atoms with Crippen molar-refractivity contribution in [1.29, 1.82) is 0 Å². The van der Waals surface area contributed by atoms with Crippen LogP contribution in [0.25, 0.3) is 21.2 Å². The van der Waals surface area contributed by atoms with Crippen molar-refractivity contribution in [3.8, 4) is 5.75 Å². The van der Waals surface area contributed by atoms with E-state index in [9.17, 15) is 9.59 Å². The molecule has 0 aliphatic heterocycles. The normalized spacial score (nSPS) is 11.4. The molecular weight excluding hydrogens is 462 g/mol. The Morgan fingerprint density at radius 2 is 1.94 bits per heavy atom. The number of rotatable bonds is 6. The molecule has 0 atom stereocenters. The van der Waals surface area contributed by atoms with Crippen molar-refractivity contribution >= 4 is 49.8 Å². The number of anilines is 1. The van der Waals surface area contributed by atoms with Gasteiger partial charge < -0.3 is 9.15 Å². The summed E-state index contributed by atoms with van der Waals surface area (Å²) >= 11 is 1.35. The van der Waals surface area contributed by atoms with Crippen LogP contribution in [-0.2, 0) is 0 Å². The van der Waals surface area contributed by atoms with E-state index in [4.69, 9.17) is 9.15 Å². The summed E-state index contributed by atoms with van der Waals surface area (Å²) in [6, 6.07) is 19.7. The minimum atomic E-state index is -0.384. The van der Waals surface area contributed by atoms with Gasteiger partial charge in [0.1, 0.15) is 17.6 Å². The van der Waals surface area contributed by atoms with E-state index in [1.54, 1.807) is 48.5 Å². The second-order valence-electron chi connectivity index (χ2n) is 7.80. The van der Waals surface area contributed by atoms with Crippen LogP contribution in [0.1, 0.15) is 28.4 Å². The van der Waals surface area contributed by atoms with Crippen LogP contribution < -0.4 is 15.2 Å². The van der Waals surface area contributed by atoms with Crippen molar-refractivity contribution in [2.24, 2.45) is 5.10 Å². The number of para-hydroxylation sites is 1. The summed E-state index contributed by atoms with van der Waals surface area (Å²) in [6.07, 6.45) is 2.68. The molecule has 0 spiro atoms. The molecule has 2 aromatic heterocycles. The maximum absolute atomic E-state index is 13.5. The fraction of sp³-hybridized carbons (Fsp3) is 0.111. The molecule has 35 heavy (non-hydrogen) atoms. The van der Waals surface area contributed by atoms with E-state index < -0.39 is 0 Å². The molecular formula is C27H21N3O4S. The van der Waals surface area contributed by atoms with Gasteiger partial charge in [-0.3, -0.25) is 9.59 Å². The first kappa shape index (κ1) is 22.5. The number of ether oxygens (including phenoxy) is 1. The van der Waals surface area contributed by atoms with Gasteiger partial charge in [-0.1, -0.05) is 29.5 Å². The molecule has 3 aromatic carbocycles. The van der Waals surface area contributed by atoms with E-state index in [2.05, 4.69) is 10.1 Å². The quantitative estimate of drug-likeness (QED) is 0.225. The molecule has 2 heterocycles. The van der Waals surface area contributed by atoms with E-state index in [1.807, 2.05) is 32.0 Å². The van der Waals surface area contributed by atoms with Gasteiger partial charge in [-0.25, -0.2) is 4.98 Å². The minimum Gasteiger partial charge on any atom is -0.494 e. The van der Waals surface area contributed by atoms with E-state index >= 15 is 0 Å². The topological polar surface area (TPSA) is 85.0 Å². The molecule has 0 aliphatic rings. The van der Waals surface area contributed by atoms with Crippen molar-refractivity contribution in [2.75, 3.05) is 11.6 Å². The summed E-state index contributed by atoms with van der Waals surface area (Å²) in [5.41, 5.74) is 2.74. The van der Waals surface area contributed by atoms with Crippen LogP contribution in [0.15, 0.2) is 87.3 Å². The average Bonchev–Trinajstić information content (AvgIpc) is 3.29. The molecule has 174 valence electrons. The molecule has 0 unspecified atom stereocenters. The number of hydrazone groups is 1. The first-order valence-corrected chi connectivity index (χ1v) is 11.8. The molecule has 0 saturated carbocycles. The third-order valence-electron chi connectivity index (χ3n) is 5.34. The Labute approximate surface area is 204 Å². The van der Waals surface area contributed by atoms with Gasteiger partial charge in [0.05, 0.1) is 34.0 Å². The summed E-state index contributed by atoms with van der Waals surface area (Å²) in [4.78, 5) is 31.0. The second kappa shape index (κ2) is 9.52. The van der Waals surface area contributed by atoms with E-state index in [0.717, 1.165) is 15.8 Å². The third-order valence-corrected chi connectivity index (χ3v) is 6.33. The maximum Gasteiger partial charge on any atom is 0.280 e. The van der Waals surface area contributed by atoms with Crippen molar-refractivity contribution < 1.29 is 13.9 Å². The fourth-order valence-electron chi connectivity index (χ4n) is 3.58. The number of carbonyl (C=O) groups is 1. The lowest BCUT2D eigenvalue weighted by Crippen LogP contribution is -2.26. The maximum atomic E-state index is 13.5. The number of hydrogen-bond donors (Lipinski definition) is 0. The van der Waals surface area contributed by atoms with E-state index in [1.165, 1.54) is 28.8 Å². The van der Waals surface area contributed by atoms with Gasteiger partial charge in [0.25, 0.3) is 5.91 Å². The SMILES string of the molecule is CCOc1ccc(C(=O)N(/N=C/c2coc3ccccc3c2=O)c2nc3ccc(C)cc3s2)cc1. The first-order valence-electron chi connectivity index (χ1n) is 11.0. The standard InChI is InChI=1S/C27H21N3O4S/c1-3-33-20-11-9-18(10-12-20)26(32)30(27-29-22-13-8-17(2)14-24(22)35-27)28-15-19-16-34-23-7-5-4-6-21(23)25(19)31/h4-16H,3H2,1-2H3/b28-15+. The molecule has 0 bridgehead atoms. The Bertz CT molecular complexity index is 1620. The number of aryl methyl sites for hydroxylation is 1. The summed E-state index contributed by atoms with van der Waals surface area (Å²) in [6.45, 7) is 4.43. The molecule has 5 rings (SSSR count). The van der Waals surface area contributed by atoms with Crippen LogP contribution >= 0.6 is 11.3 Å². The van der Waals surface area contributed by atoms with Crippen LogP contribution in [0, 0.1) is 6.92 Å². The number of amides is 1. The molecule has 0 N–H and O–H groups in total. The summed E-state index contributed by atoms with van der Waals surface area (Å²) < 4.78 is 12.0. The van der Waals surface area contributed by atoms with Gasteiger partial charge in [0.15, 0.2) is 0 Å². The third kappa shape index (κ3) is 4.56. The second-order valence-corrected chi connectivity index (χ2v) is 8.81. The van der Waals surface area contributed by atoms with Gasteiger partial charge in [-0.05, 0) is 67.9 Å². The van der Waals surface area contributed by atoms with Crippen LogP contribution in [0.3, 0.4) is 0 Å². The summed E-state index contributed by atoms with van der Waals surface area (Å²) in [5, 5.41) is 6.45. The molecule has 0 radical (unpaired) electrons. The van der Waals surface area contributed by atoms with Crippen LogP contribution in [0.4, 0.5) is 5.13 Å². The fourth-order valence-corrected chi connectivity index (χ4v) is 4.60. The number of thiazole rings is 1. The molecule has 0 aliphatic carbocycles. The number of aromatic nitrogens is 1. The van der Waals surface area contributed by atoms with E-state index in [0.29, 0.717) is 34.0 Å². The highest BCUT2D eigenvalue weighted by Crippen LogP contribution is 2.31. The predicted octanol–water partition coefficient (Wildman–Crippen LogP) is 5.79. The van der Waals surface area contributed by atoms with Crippen molar-refractivity contribution in [3.63, 3.8) is 0 Å². The monoisotopic (exact) mass is 483 g/mol. The number of fused-ring (bicyclic) bond motifs is 2. The Morgan fingerprint density at radius 1 is 1.14 bits per heavy atom. The van der Waals surface area contributed by atoms with Gasteiger partial charge >= 0.3 is 0 Å². The minimum absolute atomic E-state index is 0.227. The lowest BCUT2D eigenvalue weighted by Gasteiger charge is -2.14. The van der Waals surface area contributed by atoms with Crippen LogP contribution in [0.2, 0.25) is 0 Å². The largest absolute Gasteiger partial charge is 0.494 e. The number of benzene rings is 3. The molecule has 1 amide bonds. The molecule has 0 saturated heterocycles.